The number of esters is 1. The fourth-order valence-electron chi connectivity index (χ4n) is 3.28. The smallest absolute Gasteiger partial charge is 0.339 e. The molecule has 1 fully saturated rings. The molecular weight excluding hydrogens is 402 g/mol. The number of pyridine rings is 1. The molecule has 1 aliphatic heterocycles. The first-order valence-corrected chi connectivity index (χ1v) is 11.1. The molecule has 0 spiro atoms. The van der Waals surface area contributed by atoms with Crippen LogP contribution in [0.25, 0.3) is 0 Å². The Morgan fingerprint density at radius 2 is 1.87 bits per heavy atom. The van der Waals surface area contributed by atoms with E-state index in [4.69, 9.17) is 4.74 Å². The summed E-state index contributed by atoms with van der Waals surface area (Å²) in [6.07, 6.45) is 2.40. The van der Waals surface area contributed by atoms with Gasteiger partial charge in [-0.3, -0.25) is 4.79 Å². The number of rotatable bonds is 6. The van der Waals surface area contributed by atoms with Crippen LogP contribution in [0, 0.1) is 13.8 Å². The van der Waals surface area contributed by atoms with Gasteiger partial charge in [0.25, 0.3) is 0 Å². The van der Waals surface area contributed by atoms with E-state index in [1.54, 1.807) is 19.2 Å². The lowest BCUT2D eigenvalue weighted by Crippen LogP contribution is -2.36. The van der Waals surface area contributed by atoms with E-state index in [0.717, 1.165) is 30.2 Å². The summed E-state index contributed by atoms with van der Waals surface area (Å²) < 4.78 is 4.99. The summed E-state index contributed by atoms with van der Waals surface area (Å²) in [7, 11) is 0. The first kappa shape index (κ1) is 22.0. The zero-order chi connectivity index (χ0) is 21.5. The predicted octanol–water partition coefficient (Wildman–Crippen LogP) is 2.50. The maximum Gasteiger partial charge on any atom is 0.339 e. The second-order valence-corrected chi connectivity index (χ2v) is 8.01. The maximum absolute atomic E-state index is 12.7. The molecule has 3 heterocycles. The van der Waals surface area contributed by atoms with E-state index in [1.807, 2.05) is 30.9 Å². The minimum Gasteiger partial charge on any atom is -0.462 e. The molecule has 9 heteroatoms. The Morgan fingerprint density at radius 3 is 2.53 bits per heavy atom. The maximum atomic E-state index is 12.7. The molecule has 0 N–H and O–H groups in total. The quantitative estimate of drug-likeness (QED) is 0.393. The van der Waals surface area contributed by atoms with E-state index in [0.29, 0.717) is 42.7 Å². The number of nitrogens with zero attached hydrogens (tertiary/aromatic N) is 5. The van der Waals surface area contributed by atoms with Crippen molar-refractivity contribution in [3.05, 3.63) is 41.3 Å². The lowest BCUT2D eigenvalue weighted by atomic mass is 10.2. The molecule has 0 atom stereocenters. The molecule has 0 radical (unpaired) electrons. The number of hydrogen-bond acceptors (Lipinski definition) is 8. The first-order valence-electron chi connectivity index (χ1n) is 10.1. The Morgan fingerprint density at radius 1 is 1.10 bits per heavy atom. The number of ether oxygens (including phenoxy) is 1. The Balaban J connectivity index is 1.54. The van der Waals surface area contributed by atoms with Crippen LogP contribution >= 0.6 is 11.8 Å². The highest BCUT2D eigenvalue weighted by Gasteiger charge is 2.20. The van der Waals surface area contributed by atoms with Gasteiger partial charge in [0.1, 0.15) is 5.82 Å². The van der Waals surface area contributed by atoms with E-state index < -0.39 is 0 Å². The van der Waals surface area contributed by atoms with Crippen molar-refractivity contribution < 1.29 is 14.3 Å². The zero-order valence-electron chi connectivity index (χ0n) is 17.6. The van der Waals surface area contributed by atoms with Gasteiger partial charge < -0.3 is 14.5 Å². The van der Waals surface area contributed by atoms with Crippen LogP contribution in [0.2, 0.25) is 0 Å². The third-order valence-corrected chi connectivity index (χ3v) is 5.55. The minimum atomic E-state index is -0.366. The van der Waals surface area contributed by atoms with Crippen LogP contribution in [-0.4, -0.2) is 70.3 Å². The van der Waals surface area contributed by atoms with E-state index in [9.17, 15) is 9.59 Å². The molecule has 1 saturated heterocycles. The molecule has 2 aromatic heterocycles. The van der Waals surface area contributed by atoms with Crippen molar-refractivity contribution in [3.8, 4) is 0 Å². The molecule has 30 heavy (non-hydrogen) atoms. The number of aryl methyl sites for hydroxylation is 2. The summed E-state index contributed by atoms with van der Waals surface area (Å²) in [6.45, 7) is 8.82. The van der Waals surface area contributed by atoms with E-state index in [2.05, 4.69) is 19.9 Å². The lowest BCUT2D eigenvalue weighted by molar-refractivity contribution is -0.128. The van der Waals surface area contributed by atoms with Gasteiger partial charge in [-0.2, -0.15) is 0 Å². The second kappa shape index (κ2) is 10.4. The number of carbonyl (C=O) groups is 2. The van der Waals surface area contributed by atoms with Crippen LogP contribution in [0.5, 0.6) is 0 Å². The third kappa shape index (κ3) is 5.91. The Labute approximate surface area is 181 Å². The second-order valence-electron chi connectivity index (χ2n) is 7.07. The summed E-state index contributed by atoms with van der Waals surface area (Å²) in [6, 6.07) is 5.48. The van der Waals surface area contributed by atoms with Crippen molar-refractivity contribution in [3.63, 3.8) is 0 Å². The molecule has 1 amide bonds. The number of anilines is 1. The fourth-order valence-corrected chi connectivity index (χ4v) is 4.13. The summed E-state index contributed by atoms with van der Waals surface area (Å²) >= 11 is 1.38. The predicted molar refractivity (Wildman–Crippen MR) is 116 cm³/mol. The summed E-state index contributed by atoms with van der Waals surface area (Å²) in [4.78, 5) is 41.7. The number of hydrogen-bond donors (Lipinski definition) is 0. The van der Waals surface area contributed by atoms with E-state index in [1.165, 1.54) is 11.8 Å². The summed E-state index contributed by atoms with van der Waals surface area (Å²) in [5.41, 5.74) is 2.26. The Kier molecular flexibility index (Phi) is 7.62. The highest BCUT2D eigenvalue weighted by molar-refractivity contribution is 7.99. The molecule has 2 aromatic rings. The van der Waals surface area contributed by atoms with Crippen LogP contribution < -0.4 is 4.90 Å². The molecule has 0 aliphatic carbocycles. The summed E-state index contributed by atoms with van der Waals surface area (Å²) in [5, 5.41) is 0.642. The van der Waals surface area contributed by atoms with Crippen LogP contribution in [0.3, 0.4) is 0 Å². The number of carbonyl (C=O) groups excluding carboxylic acids is 2. The van der Waals surface area contributed by atoms with Gasteiger partial charge >= 0.3 is 5.97 Å². The van der Waals surface area contributed by atoms with E-state index >= 15 is 0 Å². The number of thioether (sulfide) groups is 1. The average molecular weight is 430 g/mol. The molecular formula is C21H27N5O3S. The monoisotopic (exact) mass is 429 g/mol. The molecule has 3 rings (SSSR count). The molecule has 0 aromatic carbocycles. The van der Waals surface area contributed by atoms with Gasteiger partial charge in [0.2, 0.25) is 5.91 Å². The Hall–Kier alpha value is -2.68. The van der Waals surface area contributed by atoms with E-state index in [-0.39, 0.29) is 11.9 Å². The topological polar surface area (TPSA) is 88.5 Å². The van der Waals surface area contributed by atoms with Gasteiger partial charge in [-0.15, -0.1) is 0 Å². The minimum absolute atomic E-state index is 0.0928. The van der Waals surface area contributed by atoms with Crippen molar-refractivity contribution in [2.75, 3.05) is 43.4 Å². The first-order chi connectivity index (χ1) is 14.5. The molecule has 0 unspecified atom stereocenters. The molecule has 160 valence electrons. The highest BCUT2D eigenvalue weighted by Crippen LogP contribution is 2.18. The van der Waals surface area contributed by atoms with Crippen LogP contribution in [0.1, 0.15) is 35.1 Å². The molecule has 8 nitrogen and oxygen atoms in total. The van der Waals surface area contributed by atoms with Crippen molar-refractivity contribution in [1.82, 2.24) is 19.9 Å². The largest absolute Gasteiger partial charge is 0.462 e. The molecule has 1 aliphatic rings. The average Bonchev–Trinajstić information content (AvgIpc) is 2.98. The zero-order valence-corrected chi connectivity index (χ0v) is 18.4. The summed E-state index contributed by atoms with van der Waals surface area (Å²) in [5.74, 6) is 0.857. The van der Waals surface area contributed by atoms with Crippen LogP contribution in [0.4, 0.5) is 5.82 Å². The van der Waals surface area contributed by atoms with Gasteiger partial charge in [-0.25, -0.2) is 19.7 Å². The standard InChI is InChI=1S/C21H27N5O3S/c1-4-29-20(28)17-6-7-18(22-13-17)25-8-5-9-26(11-10-25)19(27)14-30-21-23-15(2)12-16(3)24-21/h6-7,12-13H,4-5,8-11,14H2,1-3H3. The van der Waals surface area contributed by atoms with Gasteiger partial charge in [0.15, 0.2) is 5.16 Å². The fraction of sp³-hybridized carbons (Fsp3) is 0.476. The van der Waals surface area contributed by atoms with Crippen LogP contribution in [-0.2, 0) is 9.53 Å². The lowest BCUT2D eigenvalue weighted by Gasteiger charge is -2.23. The van der Waals surface area contributed by atoms with Crippen molar-refractivity contribution in [2.45, 2.75) is 32.3 Å². The number of aromatic nitrogens is 3. The normalized spacial score (nSPS) is 14.4. The van der Waals surface area contributed by atoms with Crippen molar-refractivity contribution in [2.24, 2.45) is 0 Å². The van der Waals surface area contributed by atoms with Crippen molar-refractivity contribution >= 4 is 29.5 Å². The SMILES string of the molecule is CCOC(=O)c1ccc(N2CCCN(C(=O)CSc3nc(C)cc(C)n3)CC2)nc1. The molecule has 0 saturated carbocycles. The Bertz CT molecular complexity index is 870. The molecule has 0 bridgehead atoms. The van der Waals surface area contributed by atoms with Gasteiger partial charge in [-0.05, 0) is 45.4 Å². The number of amides is 1. The van der Waals surface area contributed by atoms with Gasteiger partial charge in [-0.1, -0.05) is 11.8 Å². The third-order valence-electron chi connectivity index (χ3n) is 4.72. The van der Waals surface area contributed by atoms with Gasteiger partial charge in [0, 0.05) is 43.8 Å². The highest BCUT2D eigenvalue weighted by atomic mass is 32.2. The van der Waals surface area contributed by atoms with Crippen LogP contribution in [0.15, 0.2) is 29.6 Å². The van der Waals surface area contributed by atoms with Crippen molar-refractivity contribution in [1.29, 1.82) is 0 Å². The van der Waals surface area contributed by atoms with Gasteiger partial charge in [0.05, 0.1) is 17.9 Å².